The smallest absolute Gasteiger partial charge is 0.410 e. The minimum Gasteiger partial charge on any atom is -0.462 e. The summed E-state index contributed by atoms with van der Waals surface area (Å²) in [5.74, 6) is -0.499. The Balaban J connectivity index is 1.82. The van der Waals surface area contributed by atoms with Gasteiger partial charge in [0.25, 0.3) is 0 Å². The van der Waals surface area contributed by atoms with Gasteiger partial charge in [-0.15, -0.1) is 11.3 Å². The third-order valence-corrected chi connectivity index (χ3v) is 5.78. The molecule has 0 atom stereocenters. The maximum Gasteiger partial charge on any atom is 0.410 e. The molecular weight excluding hydrogens is 430 g/mol. The van der Waals surface area contributed by atoms with Gasteiger partial charge >= 0.3 is 18.1 Å². The van der Waals surface area contributed by atoms with E-state index in [1.54, 1.807) is 43.0 Å². The Morgan fingerprint density at radius 1 is 1.10 bits per heavy atom. The molecule has 1 aromatic carbocycles. The fourth-order valence-corrected chi connectivity index (χ4v) is 4.45. The van der Waals surface area contributed by atoms with Crippen molar-refractivity contribution in [3.8, 4) is 0 Å². The molecule has 0 fully saturated rings. The second kappa shape index (κ2) is 9.82. The fourth-order valence-electron chi connectivity index (χ4n) is 3.08. The highest BCUT2D eigenvalue weighted by Gasteiger charge is 2.31. The summed E-state index contributed by atoms with van der Waals surface area (Å²) in [6.45, 7) is 4.71. The first kappa shape index (κ1) is 21.9. The van der Waals surface area contributed by atoms with Crippen molar-refractivity contribution >= 4 is 51.7 Å². The van der Waals surface area contributed by atoms with Gasteiger partial charge in [-0.2, -0.15) is 0 Å². The summed E-state index contributed by atoms with van der Waals surface area (Å²) in [5, 5.41) is 6.38. The molecule has 3 amide bonds. The maximum absolute atomic E-state index is 12.6. The Morgan fingerprint density at radius 2 is 1.80 bits per heavy atom. The lowest BCUT2D eigenvalue weighted by Gasteiger charge is -2.26. The van der Waals surface area contributed by atoms with E-state index in [4.69, 9.17) is 21.1 Å². The molecule has 0 saturated heterocycles. The number of hydrogen-bond donors (Lipinski definition) is 2. The predicted molar refractivity (Wildman–Crippen MR) is 116 cm³/mol. The zero-order valence-corrected chi connectivity index (χ0v) is 18.2. The van der Waals surface area contributed by atoms with Gasteiger partial charge in [-0.1, -0.05) is 11.6 Å². The third-order valence-electron chi connectivity index (χ3n) is 4.39. The van der Waals surface area contributed by atoms with E-state index in [-0.39, 0.29) is 6.61 Å². The van der Waals surface area contributed by atoms with E-state index in [0.717, 1.165) is 10.4 Å². The second-order valence-corrected chi connectivity index (χ2v) is 7.93. The van der Waals surface area contributed by atoms with E-state index in [1.807, 2.05) is 0 Å². The summed E-state index contributed by atoms with van der Waals surface area (Å²) in [4.78, 5) is 39.5. The van der Waals surface area contributed by atoms with Gasteiger partial charge in [-0.25, -0.2) is 14.4 Å². The zero-order chi connectivity index (χ0) is 21.7. The van der Waals surface area contributed by atoms with Crippen molar-refractivity contribution < 1.29 is 23.9 Å². The molecule has 0 bridgehead atoms. The number of ether oxygens (including phenoxy) is 2. The third kappa shape index (κ3) is 5.03. The number of urea groups is 1. The van der Waals surface area contributed by atoms with Gasteiger partial charge in [0, 0.05) is 22.1 Å². The molecule has 2 aromatic rings. The van der Waals surface area contributed by atoms with E-state index in [1.165, 1.54) is 11.3 Å². The van der Waals surface area contributed by atoms with E-state index in [9.17, 15) is 14.4 Å². The topological polar surface area (TPSA) is 97.0 Å². The second-order valence-electron chi connectivity index (χ2n) is 6.38. The number of halogens is 1. The quantitative estimate of drug-likeness (QED) is 0.640. The van der Waals surface area contributed by atoms with Crippen molar-refractivity contribution in [2.75, 3.05) is 30.4 Å². The van der Waals surface area contributed by atoms with Crippen LogP contribution in [0, 0.1) is 0 Å². The Hall–Kier alpha value is -2.78. The number of fused-ring (bicyclic) bond motifs is 1. The molecule has 2 heterocycles. The summed E-state index contributed by atoms with van der Waals surface area (Å²) in [6, 6.07) is 6.17. The molecule has 0 unspecified atom stereocenters. The normalized spacial score (nSPS) is 12.7. The van der Waals surface area contributed by atoms with Gasteiger partial charge in [0.05, 0.1) is 25.3 Å². The molecule has 2 N–H and O–H groups in total. The van der Waals surface area contributed by atoms with Crippen LogP contribution in [0.25, 0.3) is 0 Å². The standard InChI is InChI=1S/C20H22ClN3O5S/c1-3-28-18(25)16-14-9-10-24(20(27)29-4-2)11-15(14)30-17(16)23-19(26)22-13-7-5-12(21)6-8-13/h5-8H,3-4,9-11H2,1-2H3,(H2,22,23,26). The molecule has 10 heteroatoms. The number of benzene rings is 1. The van der Waals surface area contributed by atoms with Gasteiger partial charge in [0.15, 0.2) is 0 Å². The summed E-state index contributed by atoms with van der Waals surface area (Å²) in [6.07, 6.45) is 0.0726. The number of thiophene rings is 1. The van der Waals surface area contributed by atoms with E-state index in [0.29, 0.717) is 47.4 Å². The van der Waals surface area contributed by atoms with Crippen LogP contribution in [0.5, 0.6) is 0 Å². The number of nitrogens with zero attached hydrogens (tertiary/aromatic N) is 1. The van der Waals surface area contributed by atoms with Crippen molar-refractivity contribution in [3.05, 3.63) is 45.3 Å². The molecule has 1 aliphatic rings. The Morgan fingerprint density at radius 3 is 2.47 bits per heavy atom. The highest BCUT2D eigenvalue weighted by molar-refractivity contribution is 7.17. The Kier molecular flexibility index (Phi) is 7.17. The van der Waals surface area contributed by atoms with Crippen molar-refractivity contribution in [1.82, 2.24) is 4.90 Å². The molecule has 1 aromatic heterocycles. The van der Waals surface area contributed by atoms with Crippen LogP contribution in [0.15, 0.2) is 24.3 Å². The first-order valence-electron chi connectivity index (χ1n) is 9.49. The van der Waals surface area contributed by atoms with Crippen LogP contribution in [0.3, 0.4) is 0 Å². The lowest BCUT2D eigenvalue weighted by atomic mass is 10.0. The van der Waals surface area contributed by atoms with Crippen molar-refractivity contribution in [1.29, 1.82) is 0 Å². The largest absolute Gasteiger partial charge is 0.462 e. The lowest BCUT2D eigenvalue weighted by molar-refractivity contribution is 0.0526. The van der Waals surface area contributed by atoms with Crippen LogP contribution >= 0.6 is 22.9 Å². The number of esters is 1. The van der Waals surface area contributed by atoms with Crippen molar-refractivity contribution in [3.63, 3.8) is 0 Å². The minimum atomic E-state index is -0.499. The number of carbonyl (C=O) groups is 3. The van der Waals surface area contributed by atoms with E-state index in [2.05, 4.69) is 10.6 Å². The van der Waals surface area contributed by atoms with Gasteiger partial charge < -0.3 is 19.7 Å². The van der Waals surface area contributed by atoms with Gasteiger partial charge in [0.1, 0.15) is 5.00 Å². The number of carbonyl (C=O) groups excluding carboxylic acids is 3. The highest BCUT2D eigenvalue weighted by Crippen LogP contribution is 2.38. The van der Waals surface area contributed by atoms with Gasteiger partial charge in [-0.3, -0.25) is 5.32 Å². The van der Waals surface area contributed by atoms with Crippen LogP contribution in [-0.2, 0) is 22.4 Å². The molecule has 0 saturated carbocycles. The first-order chi connectivity index (χ1) is 14.4. The molecule has 0 radical (unpaired) electrons. The maximum atomic E-state index is 12.6. The summed E-state index contributed by atoms with van der Waals surface area (Å²) >= 11 is 7.11. The molecule has 8 nitrogen and oxygen atoms in total. The van der Waals surface area contributed by atoms with Crippen LogP contribution in [0.4, 0.5) is 20.3 Å². The molecule has 1 aliphatic heterocycles. The van der Waals surface area contributed by atoms with Crippen LogP contribution in [-0.4, -0.2) is 42.8 Å². The monoisotopic (exact) mass is 451 g/mol. The number of nitrogens with one attached hydrogen (secondary N) is 2. The molecule has 160 valence electrons. The van der Waals surface area contributed by atoms with Crippen LogP contribution < -0.4 is 10.6 Å². The average Bonchev–Trinajstić information content (AvgIpc) is 3.06. The number of amides is 3. The SMILES string of the molecule is CCOC(=O)c1c(NC(=O)Nc2ccc(Cl)cc2)sc2c1CCN(C(=O)OCC)C2. The van der Waals surface area contributed by atoms with Crippen LogP contribution in [0.1, 0.15) is 34.6 Å². The number of hydrogen-bond acceptors (Lipinski definition) is 6. The van der Waals surface area contributed by atoms with E-state index < -0.39 is 18.1 Å². The molecule has 30 heavy (non-hydrogen) atoms. The van der Waals surface area contributed by atoms with Crippen molar-refractivity contribution in [2.24, 2.45) is 0 Å². The summed E-state index contributed by atoms with van der Waals surface area (Å²) in [5.41, 5.74) is 1.69. The molecule has 0 aliphatic carbocycles. The number of anilines is 2. The van der Waals surface area contributed by atoms with Gasteiger partial charge in [-0.05, 0) is 50.1 Å². The van der Waals surface area contributed by atoms with Crippen LogP contribution in [0.2, 0.25) is 5.02 Å². The summed E-state index contributed by atoms with van der Waals surface area (Å²) in [7, 11) is 0. The molecule has 0 spiro atoms. The molecule has 3 rings (SSSR count). The first-order valence-corrected chi connectivity index (χ1v) is 10.7. The lowest BCUT2D eigenvalue weighted by Crippen LogP contribution is -2.36. The minimum absolute atomic E-state index is 0.217. The summed E-state index contributed by atoms with van der Waals surface area (Å²) < 4.78 is 10.3. The Bertz CT molecular complexity index is 945. The van der Waals surface area contributed by atoms with Gasteiger partial charge in [0.2, 0.25) is 0 Å². The number of rotatable bonds is 5. The molecular formula is C20H22ClN3O5S. The van der Waals surface area contributed by atoms with E-state index >= 15 is 0 Å². The predicted octanol–water partition coefficient (Wildman–Crippen LogP) is 4.74. The average molecular weight is 452 g/mol. The Labute approximate surface area is 183 Å². The highest BCUT2D eigenvalue weighted by atomic mass is 35.5. The van der Waals surface area contributed by atoms with Crippen molar-refractivity contribution in [2.45, 2.75) is 26.8 Å². The fraction of sp³-hybridized carbons (Fsp3) is 0.350. The zero-order valence-electron chi connectivity index (χ0n) is 16.6.